The molecule has 1 aromatic heterocycles. The Kier molecular flexibility index (Phi) is 4.64. The van der Waals surface area contributed by atoms with Gasteiger partial charge in [-0.1, -0.05) is 27.5 Å². The number of aryl methyl sites for hydroxylation is 1. The van der Waals surface area contributed by atoms with Crippen LogP contribution in [0.1, 0.15) is 16.1 Å². The molecule has 3 aromatic rings. The molecule has 24 heavy (non-hydrogen) atoms. The fourth-order valence-electron chi connectivity index (χ4n) is 2.31. The third-order valence-corrected chi connectivity index (χ3v) is 4.33. The number of carbonyl (C=O) groups is 1. The van der Waals surface area contributed by atoms with Crippen LogP contribution >= 0.6 is 27.5 Å². The van der Waals surface area contributed by atoms with Crippen molar-refractivity contribution in [3.05, 3.63) is 69.3 Å². The number of hydrogen-bond donors (Lipinski definition) is 2. The highest BCUT2D eigenvalue weighted by Crippen LogP contribution is 2.32. The molecule has 0 atom stereocenters. The van der Waals surface area contributed by atoms with Crippen molar-refractivity contribution in [2.75, 3.05) is 11.1 Å². The Labute approximate surface area is 152 Å². The number of nitrogens with one attached hydrogen (secondary N) is 1. The van der Waals surface area contributed by atoms with Crippen LogP contribution in [0.2, 0.25) is 5.02 Å². The first-order chi connectivity index (χ1) is 11.4. The van der Waals surface area contributed by atoms with Crippen LogP contribution in [0.25, 0.3) is 11.3 Å². The highest BCUT2D eigenvalue weighted by molar-refractivity contribution is 9.10. The molecule has 1 amide bonds. The van der Waals surface area contributed by atoms with Gasteiger partial charge in [-0.3, -0.25) is 4.79 Å². The van der Waals surface area contributed by atoms with Gasteiger partial charge in [0, 0.05) is 21.4 Å². The quantitative estimate of drug-likeness (QED) is 0.565. The summed E-state index contributed by atoms with van der Waals surface area (Å²) in [7, 11) is 0. The molecule has 0 aliphatic rings. The van der Waals surface area contributed by atoms with Gasteiger partial charge in [0.25, 0.3) is 5.91 Å². The zero-order valence-electron chi connectivity index (χ0n) is 12.8. The lowest BCUT2D eigenvalue weighted by Crippen LogP contribution is -2.11. The molecule has 0 bridgehead atoms. The van der Waals surface area contributed by atoms with Gasteiger partial charge in [0.05, 0.1) is 5.02 Å². The largest absolute Gasteiger partial charge is 0.451 e. The van der Waals surface area contributed by atoms with Gasteiger partial charge in [-0.2, -0.15) is 0 Å². The SMILES string of the molecule is Cc1cc(N)ccc1NC(=O)c1ccc(-c2ccc(Br)cc2Cl)o1. The van der Waals surface area contributed by atoms with Crippen LogP contribution in [0.15, 0.2) is 57.4 Å². The minimum atomic E-state index is -0.331. The van der Waals surface area contributed by atoms with Crippen LogP contribution in [-0.2, 0) is 0 Å². The number of nitrogen functional groups attached to an aromatic ring is 1. The summed E-state index contributed by atoms with van der Waals surface area (Å²) in [5.41, 5.74) is 8.66. The van der Waals surface area contributed by atoms with Crippen molar-refractivity contribution in [2.45, 2.75) is 6.92 Å². The van der Waals surface area contributed by atoms with E-state index in [1.165, 1.54) is 0 Å². The summed E-state index contributed by atoms with van der Waals surface area (Å²) < 4.78 is 6.53. The second-order valence-corrected chi connectivity index (χ2v) is 6.64. The molecule has 0 fully saturated rings. The molecule has 0 spiro atoms. The monoisotopic (exact) mass is 404 g/mol. The van der Waals surface area contributed by atoms with Crippen LogP contribution in [-0.4, -0.2) is 5.91 Å². The van der Waals surface area contributed by atoms with E-state index in [2.05, 4.69) is 21.2 Å². The van der Waals surface area contributed by atoms with Crippen LogP contribution in [0.5, 0.6) is 0 Å². The summed E-state index contributed by atoms with van der Waals surface area (Å²) in [5.74, 6) is 0.411. The van der Waals surface area contributed by atoms with Gasteiger partial charge >= 0.3 is 0 Å². The lowest BCUT2D eigenvalue weighted by Gasteiger charge is -2.07. The Balaban J connectivity index is 1.83. The van der Waals surface area contributed by atoms with E-state index < -0.39 is 0 Å². The van der Waals surface area contributed by atoms with E-state index >= 15 is 0 Å². The predicted octanol–water partition coefficient (Wildman–Crippen LogP) is 5.51. The van der Waals surface area contributed by atoms with E-state index in [-0.39, 0.29) is 11.7 Å². The first-order valence-electron chi connectivity index (χ1n) is 7.17. The molecule has 0 saturated heterocycles. The third-order valence-electron chi connectivity index (χ3n) is 3.53. The normalized spacial score (nSPS) is 10.6. The highest BCUT2D eigenvalue weighted by Gasteiger charge is 2.15. The number of nitrogens with two attached hydrogens (primary N) is 1. The van der Waals surface area contributed by atoms with E-state index in [4.69, 9.17) is 21.8 Å². The van der Waals surface area contributed by atoms with E-state index in [1.54, 1.807) is 36.4 Å². The number of rotatable bonds is 3. The van der Waals surface area contributed by atoms with E-state index in [1.807, 2.05) is 19.1 Å². The number of hydrogen-bond acceptors (Lipinski definition) is 3. The van der Waals surface area contributed by atoms with Gasteiger partial charge in [0.15, 0.2) is 5.76 Å². The summed E-state index contributed by atoms with van der Waals surface area (Å²) >= 11 is 9.57. The molecule has 0 radical (unpaired) electrons. The molecule has 3 rings (SSSR count). The fourth-order valence-corrected chi connectivity index (χ4v) is 3.07. The summed E-state index contributed by atoms with van der Waals surface area (Å²) in [6, 6.07) is 14.1. The molecule has 1 heterocycles. The maximum Gasteiger partial charge on any atom is 0.291 e. The highest BCUT2D eigenvalue weighted by atomic mass is 79.9. The summed E-state index contributed by atoms with van der Waals surface area (Å²) in [6.07, 6.45) is 0. The van der Waals surface area contributed by atoms with Gasteiger partial charge in [0.2, 0.25) is 0 Å². The molecule has 0 aliphatic heterocycles. The number of carbonyl (C=O) groups excluding carboxylic acids is 1. The van der Waals surface area contributed by atoms with E-state index in [0.29, 0.717) is 22.2 Å². The zero-order valence-corrected chi connectivity index (χ0v) is 15.1. The van der Waals surface area contributed by atoms with Gasteiger partial charge < -0.3 is 15.5 Å². The first kappa shape index (κ1) is 16.6. The van der Waals surface area contributed by atoms with Crippen LogP contribution < -0.4 is 11.1 Å². The van der Waals surface area contributed by atoms with Crippen molar-refractivity contribution in [1.29, 1.82) is 0 Å². The van der Waals surface area contributed by atoms with Crippen molar-refractivity contribution < 1.29 is 9.21 Å². The molecule has 122 valence electrons. The topological polar surface area (TPSA) is 68.3 Å². The molecule has 6 heteroatoms. The minimum absolute atomic E-state index is 0.209. The van der Waals surface area contributed by atoms with Crippen LogP contribution in [0.3, 0.4) is 0 Å². The van der Waals surface area contributed by atoms with Gasteiger partial charge in [-0.15, -0.1) is 0 Å². The number of benzene rings is 2. The maximum atomic E-state index is 12.4. The zero-order chi connectivity index (χ0) is 17.3. The standard InChI is InChI=1S/C18H14BrClN2O2/c1-10-8-12(21)3-5-15(10)22-18(23)17-7-6-16(24-17)13-4-2-11(19)9-14(13)20/h2-9H,21H2,1H3,(H,22,23). The van der Waals surface area contributed by atoms with E-state index in [0.717, 1.165) is 15.6 Å². The number of anilines is 2. The predicted molar refractivity (Wildman–Crippen MR) is 100 cm³/mol. The molecular weight excluding hydrogens is 392 g/mol. The smallest absolute Gasteiger partial charge is 0.291 e. The summed E-state index contributed by atoms with van der Waals surface area (Å²) in [6.45, 7) is 1.88. The van der Waals surface area contributed by atoms with E-state index in [9.17, 15) is 4.79 Å². The van der Waals surface area contributed by atoms with Crippen molar-refractivity contribution in [3.8, 4) is 11.3 Å². The maximum absolute atomic E-state index is 12.4. The Bertz CT molecular complexity index is 921. The Hall–Kier alpha value is -2.24. The average Bonchev–Trinajstić information content (AvgIpc) is 3.00. The van der Waals surface area contributed by atoms with Crippen LogP contribution in [0, 0.1) is 6.92 Å². The Morgan fingerprint density at radius 1 is 1.17 bits per heavy atom. The Morgan fingerprint density at radius 3 is 2.67 bits per heavy atom. The minimum Gasteiger partial charge on any atom is -0.451 e. The Morgan fingerprint density at radius 2 is 1.96 bits per heavy atom. The van der Waals surface area contributed by atoms with Gasteiger partial charge in [-0.05, 0) is 61.0 Å². The van der Waals surface area contributed by atoms with Crippen molar-refractivity contribution >= 4 is 44.8 Å². The second kappa shape index (κ2) is 6.71. The first-order valence-corrected chi connectivity index (χ1v) is 8.34. The van der Waals surface area contributed by atoms with Crippen LogP contribution in [0.4, 0.5) is 11.4 Å². The summed E-state index contributed by atoms with van der Waals surface area (Å²) in [4.78, 5) is 12.4. The molecule has 2 aromatic carbocycles. The lowest BCUT2D eigenvalue weighted by molar-refractivity contribution is 0.0997. The lowest BCUT2D eigenvalue weighted by atomic mass is 10.2. The number of halogens is 2. The average molecular weight is 406 g/mol. The molecule has 0 aliphatic carbocycles. The van der Waals surface area contributed by atoms with Gasteiger partial charge in [-0.25, -0.2) is 0 Å². The van der Waals surface area contributed by atoms with Crippen molar-refractivity contribution in [1.82, 2.24) is 0 Å². The third kappa shape index (κ3) is 3.47. The van der Waals surface area contributed by atoms with Crippen molar-refractivity contribution in [3.63, 3.8) is 0 Å². The van der Waals surface area contributed by atoms with Crippen molar-refractivity contribution in [2.24, 2.45) is 0 Å². The van der Waals surface area contributed by atoms with Gasteiger partial charge in [0.1, 0.15) is 5.76 Å². The molecule has 0 unspecified atom stereocenters. The molecule has 3 N–H and O–H groups in total. The number of amides is 1. The second-order valence-electron chi connectivity index (χ2n) is 5.32. The molecule has 4 nitrogen and oxygen atoms in total. The number of furan rings is 1. The fraction of sp³-hybridized carbons (Fsp3) is 0.0556. The summed E-state index contributed by atoms with van der Waals surface area (Å²) in [5, 5.41) is 3.36. The molecular formula is C18H14BrClN2O2. The molecule has 0 saturated carbocycles.